The Morgan fingerprint density at radius 1 is 1.20 bits per heavy atom. The normalized spacial score (nSPS) is 11.6. The van der Waals surface area contributed by atoms with Gasteiger partial charge in [0.25, 0.3) is 0 Å². The van der Waals surface area contributed by atoms with Crippen molar-refractivity contribution in [2.24, 2.45) is 5.41 Å². The largest absolute Gasteiger partial charge is 0.488 e. The fourth-order valence-corrected chi connectivity index (χ4v) is 2.82. The molecule has 132 valence electrons. The van der Waals surface area contributed by atoms with Gasteiger partial charge in [-0.1, -0.05) is 36.1 Å². The summed E-state index contributed by atoms with van der Waals surface area (Å²) in [5.74, 6) is 7.24. The number of hydrogen-bond donors (Lipinski definition) is 0. The quantitative estimate of drug-likeness (QED) is 0.621. The summed E-state index contributed by atoms with van der Waals surface area (Å²) in [6.07, 6.45) is 4.05. The van der Waals surface area contributed by atoms with Gasteiger partial charge in [0, 0.05) is 23.4 Å². The highest BCUT2D eigenvalue weighted by atomic mass is 32.1. The smallest absolute Gasteiger partial charge is 0.122 e. The van der Waals surface area contributed by atoms with E-state index in [2.05, 4.69) is 80.3 Å². The van der Waals surface area contributed by atoms with Gasteiger partial charge in [0.05, 0.1) is 0 Å². The van der Waals surface area contributed by atoms with Crippen molar-refractivity contribution in [3.63, 3.8) is 0 Å². The summed E-state index contributed by atoms with van der Waals surface area (Å²) in [6, 6.07) is 12.5. The first-order valence-electron chi connectivity index (χ1n) is 8.53. The van der Waals surface area contributed by atoms with Crippen LogP contribution in [0.1, 0.15) is 31.2 Å². The molecule has 0 radical (unpaired) electrons. The van der Waals surface area contributed by atoms with E-state index in [9.17, 15) is 0 Å². The van der Waals surface area contributed by atoms with Crippen molar-refractivity contribution in [1.82, 2.24) is 4.90 Å². The van der Waals surface area contributed by atoms with Gasteiger partial charge >= 0.3 is 0 Å². The number of nitrogens with zero attached hydrogens (tertiary/aromatic N) is 1. The van der Waals surface area contributed by atoms with Crippen LogP contribution in [0.3, 0.4) is 0 Å². The van der Waals surface area contributed by atoms with Crippen LogP contribution in [0.15, 0.2) is 53.9 Å². The molecule has 0 aliphatic carbocycles. The molecule has 0 aliphatic heterocycles. The third-order valence-corrected chi connectivity index (χ3v) is 4.23. The Kier molecular flexibility index (Phi) is 7.31. The molecule has 25 heavy (non-hydrogen) atoms. The molecular formula is C22H27NOS. The Hall–Kier alpha value is -2.02. The standard InChI is InChI=1S/C22H27NOS/c1-22(2,3)13-6-5-7-14-23(4)17-19-10-8-11-20(16-19)24-18-21-12-9-15-25-21/h5,7-12,15-16H,14,17-18H2,1-4H3/b7-5+. The number of thiophene rings is 1. The predicted octanol–water partition coefficient (Wildman–Crippen LogP) is 5.36. The molecule has 2 rings (SSSR count). The lowest BCUT2D eigenvalue weighted by atomic mass is 9.98. The van der Waals surface area contributed by atoms with Crippen LogP contribution in [0, 0.1) is 17.3 Å². The Morgan fingerprint density at radius 2 is 2.04 bits per heavy atom. The molecule has 0 amide bonds. The molecule has 0 saturated carbocycles. The van der Waals surface area contributed by atoms with Crippen molar-refractivity contribution >= 4 is 11.3 Å². The number of rotatable bonds is 7. The van der Waals surface area contributed by atoms with Crippen molar-refractivity contribution in [2.75, 3.05) is 13.6 Å². The van der Waals surface area contributed by atoms with Gasteiger partial charge in [-0.25, -0.2) is 0 Å². The Morgan fingerprint density at radius 3 is 2.76 bits per heavy atom. The van der Waals surface area contributed by atoms with Gasteiger partial charge in [0.1, 0.15) is 12.4 Å². The van der Waals surface area contributed by atoms with Gasteiger partial charge < -0.3 is 4.74 Å². The molecule has 0 aliphatic rings. The maximum Gasteiger partial charge on any atom is 0.122 e. The minimum atomic E-state index is 0.0554. The van der Waals surface area contributed by atoms with E-state index in [1.807, 2.05) is 18.2 Å². The molecule has 2 nitrogen and oxygen atoms in total. The Balaban J connectivity index is 1.81. The molecule has 0 atom stereocenters. The van der Waals surface area contributed by atoms with E-state index in [-0.39, 0.29) is 5.41 Å². The summed E-state index contributed by atoms with van der Waals surface area (Å²) in [5.41, 5.74) is 1.31. The van der Waals surface area contributed by atoms with Crippen LogP contribution in [0.5, 0.6) is 5.75 Å². The summed E-state index contributed by atoms with van der Waals surface area (Å²) >= 11 is 1.72. The van der Waals surface area contributed by atoms with Crippen LogP contribution in [-0.4, -0.2) is 18.5 Å². The monoisotopic (exact) mass is 353 g/mol. The molecule has 0 fully saturated rings. The van der Waals surface area contributed by atoms with Crippen molar-refractivity contribution in [1.29, 1.82) is 0 Å². The SMILES string of the molecule is CN(C/C=C/C#CC(C)(C)C)Cc1cccc(OCc2cccs2)c1. The summed E-state index contributed by atoms with van der Waals surface area (Å²) in [4.78, 5) is 3.50. The number of benzene rings is 1. The second-order valence-corrected chi connectivity index (χ2v) is 8.17. The van der Waals surface area contributed by atoms with Crippen LogP contribution in [0.4, 0.5) is 0 Å². The van der Waals surface area contributed by atoms with E-state index in [1.54, 1.807) is 11.3 Å². The first-order chi connectivity index (χ1) is 11.9. The molecule has 3 heteroatoms. The van der Waals surface area contributed by atoms with Gasteiger partial charge in [-0.05, 0) is 63.0 Å². The number of allylic oxidation sites excluding steroid dienone is 1. The maximum absolute atomic E-state index is 5.88. The summed E-state index contributed by atoms with van der Waals surface area (Å²) < 4.78 is 5.88. The van der Waals surface area contributed by atoms with E-state index in [1.165, 1.54) is 10.4 Å². The molecule has 0 saturated heterocycles. The number of hydrogen-bond acceptors (Lipinski definition) is 3. The average molecular weight is 354 g/mol. The zero-order valence-corrected chi connectivity index (χ0v) is 16.4. The van der Waals surface area contributed by atoms with E-state index >= 15 is 0 Å². The predicted molar refractivity (Wildman–Crippen MR) is 108 cm³/mol. The maximum atomic E-state index is 5.88. The first kappa shape index (κ1) is 19.3. The van der Waals surface area contributed by atoms with Gasteiger partial charge in [0.2, 0.25) is 0 Å². The molecule has 0 unspecified atom stereocenters. The second kappa shape index (κ2) is 9.46. The lowest BCUT2D eigenvalue weighted by molar-refractivity contribution is 0.308. The Labute approximate surface area is 156 Å². The lowest BCUT2D eigenvalue weighted by Gasteiger charge is -2.15. The van der Waals surface area contributed by atoms with Gasteiger partial charge in [-0.15, -0.1) is 11.3 Å². The van der Waals surface area contributed by atoms with E-state index in [4.69, 9.17) is 4.74 Å². The van der Waals surface area contributed by atoms with Crippen molar-refractivity contribution in [2.45, 2.75) is 33.9 Å². The molecule has 1 aromatic heterocycles. The zero-order valence-electron chi connectivity index (χ0n) is 15.6. The third kappa shape index (κ3) is 8.07. The fraction of sp³-hybridized carbons (Fsp3) is 0.364. The second-order valence-electron chi connectivity index (χ2n) is 7.13. The lowest BCUT2D eigenvalue weighted by Crippen LogP contribution is -2.17. The van der Waals surface area contributed by atoms with Crippen LogP contribution >= 0.6 is 11.3 Å². The highest BCUT2D eigenvalue weighted by Crippen LogP contribution is 2.18. The first-order valence-corrected chi connectivity index (χ1v) is 9.41. The summed E-state index contributed by atoms with van der Waals surface area (Å²) in [7, 11) is 2.11. The highest BCUT2D eigenvalue weighted by Gasteiger charge is 2.03. The van der Waals surface area contributed by atoms with Crippen LogP contribution in [-0.2, 0) is 13.2 Å². The summed E-state index contributed by atoms with van der Waals surface area (Å²) in [5, 5.41) is 2.07. The van der Waals surface area contributed by atoms with Crippen molar-refractivity contribution in [3.05, 3.63) is 64.4 Å². The van der Waals surface area contributed by atoms with E-state index in [0.717, 1.165) is 18.8 Å². The zero-order chi connectivity index (χ0) is 18.1. The topological polar surface area (TPSA) is 12.5 Å². The average Bonchev–Trinajstić information content (AvgIpc) is 3.05. The molecule has 0 bridgehead atoms. The van der Waals surface area contributed by atoms with Gasteiger partial charge in [0.15, 0.2) is 0 Å². The molecule has 1 heterocycles. The van der Waals surface area contributed by atoms with Crippen LogP contribution < -0.4 is 4.74 Å². The minimum absolute atomic E-state index is 0.0554. The van der Waals surface area contributed by atoms with Gasteiger partial charge in [-0.3, -0.25) is 4.90 Å². The van der Waals surface area contributed by atoms with Crippen LogP contribution in [0.25, 0.3) is 0 Å². The molecule has 2 aromatic rings. The number of likely N-dealkylation sites (N-methyl/N-ethyl adjacent to an activating group) is 1. The Bertz CT molecular complexity index is 729. The molecule has 1 aromatic carbocycles. The molecular weight excluding hydrogens is 326 g/mol. The third-order valence-electron chi connectivity index (χ3n) is 3.38. The molecule has 0 N–H and O–H groups in total. The van der Waals surface area contributed by atoms with Crippen LogP contribution in [0.2, 0.25) is 0 Å². The van der Waals surface area contributed by atoms with E-state index < -0.39 is 0 Å². The summed E-state index contributed by atoms with van der Waals surface area (Å²) in [6.45, 7) is 8.74. The van der Waals surface area contributed by atoms with Gasteiger partial charge in [-0.2, -0.15) is 0 Å². The van der Waals surface area contributed by atoms with E-state index in [0.29, 0.717) is 6.61 Å². The van der Waals surface area contributed by atoms with Crippen molar-refractivity contribution in [3.8, 4) is 17.6 Å². The fourth-order valence-electron chi connectivity index (χ4n) is 2.21. The minimum Gasteiger partial charge on any atom is -0.488 e. The van der Waals surface area contributed by atoms with Crippen molar-refractivity contribution < 1.29 is 4.74 Å². The highest BCUT2D eigenvalue weighted by molar-refractivity contribution is 7.09. The number of ether oxygens (including phenoxy) is 1. The molecule has 0 spiro atoms.